The summed E-state index contributed by atoms with van der Waals surface area (Å²) in [7, 11) is 0. The lowest BCUT2D eigenvalue weighted by Crippen LogP contribution is -3.00. The third kappa shape index (κ3) is 3.76. The van der Waals surface area contributed by atoms with Gasteiger partial charge < -0.3 is 18.1 Å². The fraction of sp³-hybridized carbons (Fsp3) is 0.125. The van der Waals surface area contributed by atoms with E-state index >= 15 is 0 Å². The molecule has 0 saturated carbocycles. The van der Waals surface area contributed by atoms with E-state index in [9.17, 15) is 4.79 Å². The third-order valence-electron chi connectivity index (χ3n) is 1.18. The zero-order valence-corrected chi connectivity index (χ0v) is 8.28. The summed E-state index contributed by atoms with van der Waals surface area (Å²) in [4.78, 5) is 11.6. The lowest BCUT2D eigenvalue weighted by molar-refractivity contribution is -0.254. The van der Waals surface area contributed by atoms with Crippen molar-refractivity contribution in [1.29, 1.82) is 0 Å². The Labute approximate surface area is 81.9 Å². The Balaban J connectivity index is 0.00000121. The van der Waals surface area contributed by atoms with Gasteiger partial charge in [0.25, 0.3) is 0 Å². The predicted octanol–water partition coefficient (Wildman–Crippen LogP) is -1.80. The van der Waals surface area contributed by atoms with E-state index in [1.165, 1.54) is 11.8 Å². The molecule has 0 heterocycles. The first-order chi connectivity index (χ1) is 5.18. The second-order valence-corrected chi connectivity index (χ2v) is 3.49. The van der Waals surface area contributed by atoms with E-state index in [2.05, 4.69) is 5.73 Å². The number of benzene rings is 1. The van der Waals surface area contributed by atoms with Gasteiger partial charge in [-0.25, -0.2) is 0 Å². The van der Waals surface area contributed by atoms with Crippen molar-refractivity contribution in [2.75, 3.05) is 0 Å². The van der Waals surface area contributed by atoms with Crippen molar-refractivity contribution in [2.45, 2.75) is 11.8 Å². The van der Waals surface area contributed by atoms with Crippen molar-refractivity contribution >= 4 is 22.6 Å². The maximum atomic E-state index is 10.6. The molecule has 0 unspecified atom stereocenters. The molecule has 0 aliphatic rings. The summed E-state index contributed by atoms with van der Waals surface area (Å²) in [6.07, 6.45) is 0. The monoisotopic (exact) mass is 203 g/mol. The average Bonchev–Trinajstić information content (AvgIpc) is 1.93. The molecule has 0 radical (unpaired) electrons. The number of quaternary nitrogens is 1. The highest BCUT2D eigenvalue weighted by Gasteiger charge is 1.97. The molecule has 0 spiro atoms. The maximum Gasteiger partial charge on any atom is 0.190 e. The Morgan fingerprint density at radius 1 is 1.33 bits per heavy atom. The molecular weight excluding hydrogens is 194 g/mol. The van der Waals surface area contributed by atoms with Crippen LogP contribution in [0.3, 0.4) is 0 Å². The molecule has 12 heavy (non-hydrogen) atoms. The number of hydrogen-bond acceptors (Lipinski definition) is 2. The summed E-state index contributed by atoms with van der Waals surface area (Å²) in [5.41, 5.74) is 4.72. The van der Waals surface area contributed by atoms with E-state index in [0.717, 1.165) is 10.6 Å². The molecule has 0 bridgehead atoms. The van der Waals surface area contributed by atoms with E-state index in [-0.39, 0.29) is 17.5 Å². The lowest BCUT2D eigenvalue weighted by Gasteiger charge is -1.94. The minimum Gasteiger partial charge on any atom is -1.00 e. The molecule has 2 nitrogen and oxygen atoms in total. The summed E-state index contributed by atoms with van der Waals surface area (Å²) < 4.78 is 0. The molecule has 0 atom stereocenters. The van der Waals surface area contributed by atoms with Crippen LogP contribution in [0.1, 0.15) is 6.92 Å². The maximum absolute atomic E-state index is 10.6. The van der Waals surface area contributed by atoms with Gasteiger partial charge in [0.2, 0.25) is 0 Å². The van der Waals surface area contributed by atoms with Crippen molar-refractivity contribution in [3.05, 3.63) is 24.3 Å². The SMILES string of the molecule is CC(=O)Sc1ccc([NH3+])cc1.[Cl-]. The van der Waals surface area contributed by atoms with Crippen molar-refractivity contribution in [2.24, 2.45) is 0 Å². The van der Waals surface area contributed by atoms with Gasteiger partial charge in [0.05, 0.1) is 0 Å². The van der Waals surface area contributed by atoms with Gasteiger partial charge in [-0.3, -0.25) is 4.79 Å². The molecule has 0 aliphatic carbocycles. The summed E-state index contributed by atoms with van der Waals surface area (Å²) in [6, 6.07) is 7.58. The van der Waals surface area contributed by atoms with Crippen molar-refractivity contribution in [3.63, 3.8) is 0 Å². The average molecular weight is 204 g/mol. The van der Waals surface area contributed by atoms with E-state index in [1.54, 1.807) is 6.92 Å². The molecule has 3 N–H and O–H groups in total. The first kappa shape index (κ1) is 11.5. The lowest BCUT2D eigenvalue weighted by atomic mass is 10.3. The summed E-state index contributed by atoms with van der Waals surface area (Å²) >= 11 is 1.24. The molecule has 0 saturated heterocycles. The molecule has 0 fully saturated rings. The Morgan fingerprint density at radius 3 is 2.25 bits per heavy atom. The van der Waals surface area contributed by atoms with Gasteiger partial charge in [0, 0.05) is 24.0 Å². The highest BCUT2D eigenvalue weighted by atomic mass is 35.5. The third-order valence-corrected chi connectivity index (χ3v) is 1.98. The number of thioether (sulfide) groups is 1. The number of carbonyl (C=O) groups is 1. The standard InChI is InChI=1S/C8H9NOS.ClH/c1-6(10)11-8-4-2-7(9)3-5-8;/h2-5H,9H2,1H3;1H. The molecule has 0 aromatic heterocycles. The van der Waals surface area contributed by atoms with Crippen molar-refractivity contribution in [3.8, 4) is 0 Å². The van der Waals surface area contributed by atoms with Gasteiger partial charge in [-0.1, -0.05) is 11.8 Å². The molecule has 4 heteroatoms. The Bertz CT molecular complexity index is 260. The van der Waals surface area contributed by atoms with Crippen molar-refractivity contribution < 1.29 is 22.9 Å². The summed E-state index contributed by atoms with van der Waals surface area (Å²) in [6.45, 7) is 1.56. The topological polar surface area (TPSA) is 44.7 Å². The molecule has 1 rings (SSSR count). The molecular formula is C8H10ClNOS. The molecule has 1 aromatic carbocycles. The van der Waals surface area contributed by atoms with Crippen LogP contribution in [0.25, 0.3) is 0 Å². The number of carbonyl (C=O) groups excluding carboxylic acids is 1. The van der Waals surface area contributed by atoms with E-state index in [0.29, 0.717) is 0 Å². The van der Waals surface area contributed by atoms with Crippen LogP contribution >= 0.6 is 11.8 Å². The fourth-order valence-electron chi connectivity index (χ4n) is 0.723. The minimum atomic E-state index is 0. The van der Waals surface area contributed by atoms with Gasteiger partial charge >= 0.3 is 0 Å². The number of halogens is 1. The highest BCUT2D eigenvalue weighted by molar-refractivity contribution is 8.13. The number of hydrogen-bond donors (Lipinski definition) is 1. The summed E-state index contributed by atoms with van der Waals surface area (Å²) in [5.74, 6) is 0. The quantitative estimate of drug-likeness (QED) is 0.548. The van der Waals surface area contributed by atoms with Crippen LogP contribution in [0.5, 0.6) is 0 Å². The Kier molecular flexibility index (Phi) is 4.97. The van der Waals surface area contributed by atoms with E-state index in [1.807, 2.05) is 24.3 Å². The van der Waals surface area contributed by atoms with E-state index in [4.69, 9.17) is 0 Å². The van der Waals surface area contributed by atoms with Crippen LogP contribution in [-0.2, 0) is 4.79 Å². The van der Waals surface area contributed by atoms with Crippen LogP contribution in [0, 0.1) is 0 Å². The largest absolute Gasteiger partial charge is 1.00 e. The van der Waals surface area contributed by atoms with Gasteiger partial charge in [0.1, 0.15) is 5.69 Å². The van der Waals surface area contributed by atoms with Crippen molar-refractivity contribution in [1.82, 2.24) is 0 Å². The van der Waals surface area contributed by atoms with Crippen LogP contribution < -0.4 is 18.1 Å². The van der Waals surface area contributed by atoms with Gasteiger partial charge in [-0.2, -0.15) is 0 Å². The van der Waals surface area contributed by atoms with Gasteiger partial charge in [-0.15, -0.1) is 0 Å². The van der Waals surface area contributed by atoms with Crippen LogP contribution in [-0.4, -0.2) is 5.12 Å². The van der Waals surface area contributed by atoms with Crippen LogP contribution in [0.2, 0.25) is 0 Å². The van der Waals surface area contributed by atoms with Gasteiger partial charge in [-0.05, 0) is 12.1 Å². The van der Waals surface area contributed by atoms with Gasteiger partial charge in [0.15, 0.2) is 5.12 Å². The molecule has 1 aromatic rings. The zero-order chi connectivity index (χ0) is 8.27. The Morgan fingerprint density at radius 2 is 1.83 bits per heavy atom. The second kappa shape index (κ2) is 5.19. The summed E-state index contributed by atoms with van der Waals surface area (Å²) in [5, 5.41) is 0.113. The predicted molar refractivity (Wildman–Crippen MR) is 45.5 cm³/mol. The Hall–Kier alpha value is -0.510. The second-order valence-electron chi connectivity index (χ2n) is 2.24. The fourth-order valence-corrected chi connectivity index (χ4v) is 1.33. The molecule has 66 valence electrons. The highest BCUT2D eigenvalue weighted by Crippen LogP contribution is 2.18. The first-order valence-corrected chi connectivity index (χ1v) is 4.10. The first-order valence-electron chi connectivity index (χ1n) is 3.29. The smallest absolute Gasteiger partial charge is 0.190 e. The normalized spacial score (nSPS) is 8.83. The van der Waals surface area contributed by atoms with Crippen LogP contribution in [0.4, 0.5) is 5.69 Å². The zero-order valence-electron chi connectivity index (χ0n) is 6.71. The molecule has 0 aliphatic heterocycles. The van der Waals surface area contributed by atoms with E-state index < -0.39 is 0 Å². The van der Waals surface area contributed by atoms with Crippen LogP contribution in [0.15, 0.2) is 29.2 Å². The number of rotatable bonds is 1. The molecule has 0 amide bonds. The minimum absolute atomic E-state index is 0.